The van der Waals surface area contributed by atoms with E-state index >= 15 is 0 Å². The van der Waals surface area contributed by atoms with Crippen LogP contribution in [0.25, 0.3) is 0 Å². The minimum atomic E-state index is -0.126. The number of nitrogens with one attached hydrogen (secondary N) is 2. The van der Waals surface area contributed by atoms with Crippen LogP contribution in [0.3, 0.4) is 0 Å². The van der Waals surface area contributed by atoms with Crippen LogP contribution in [-0.2, 0) is 11.3 Å². The van der Waals surface area contributed by atoms with Gasteiger partial charge in [0.05, 0.1) is 6.61 Å². The summed E-state index contributed by atoms with van der Waals surface area (Å²) in [5.41, 5.74) is 1.80. The number of anilines is 1. The van der Waals surface area contributed by atoms with Gasteiger partial charge in [0.15, 0.2) is 0 Å². The lowest BCUT2D eigenvalue weighted by Crippen LogP contribution is -2.40. The summed E-state index contributed by atoms with van der Waals surface area (Å²) < 4.78 is 5.17. The summed E-state index contributed by atoms with van der Waals surface area (Å²) in [6.07, 6.45) is 3.66. The lowest BCUT2D eigenvalue weighted by molar-refractivity contribution is 0.185. The Morgan fingerprint density at radius 3 is 2.86 bits per heavy atom. The average Bonchev–Trinajstić information content (AvgIpc) is 3.26. The summed E-state index contributed by atoms with van der Waals surface area (Å²) in [5, 5.41) is 6.06. The molecule has 1 saturated heterocycles. The van der Waals surface area contributed by atoms with Gasteiger partial charge in [-0.05, 0) is 32.3 Å². The number of urea groups is 1. The number of rotatable bonds is 5. The predicted molar refractivity (Wildman–Crippen MR) is 86.9 cm³/mol. The van der Waals surface area contributed by atoms with Crippen LogP contribution < -0.4 is 10.6 Å². The second-order valence-corrected chi connectivity index (χ2v) is 6.40. The Bertz CT molecular complexity index is 530. The van der Waals surface area contributed by atoms with Crippen molar-refractivity contribution in [3.05, 3.63) is 29.8 Å². The highest BCUT2D eigenvalue weighted by Crippen LogP contribution is 2.33. The number of ether oxygens (including phenoxy) is 1. The minimum Gasteiger partial charge on any atom is -0.380 e. The molecule has 1 aromatic carbocycles. The zero-order valence-electron chi connectivity index (χ0n) is 13.3. The molecule has 1 aromatic rings. The molecule has 2 atom stereocenters. The van der Waals surface area contributed by atoms with Gasteiger partial charge in [0.25, 0.3) is 0 Å². The van der Waals surface area contributed by atoms with Crippen LogP contribution in [0.1, 0.15) is 31.7 Å². The first kappa shape index (κ1) is 15.3. The molecule has 0 spiro atoms. The highest BCUT2D eigenvalue weighted by atomic mass is 16.5. The number of para-hydroxylation sites is 1. The van der Waals surface area contributed by atoms with Crippen molar-refractivity contribution in [2.45, 2.75) is 50.9 Å². The fraction of sp³-hybridized carbons (Fsp3) is 0.588. The summed E-state index contributed by atoms with van der Waals surface area (Å²) in [5.74, 6) is 0. The van der Waals surface area contributed by atoms with E-state index in [-0.39, 0.29) is 12.1 Å². The predicted octanol–water partition coefficient (Wildman–Crippen LogP) is 2.58. The average molecular weight is 303 g/mol. The maximum atomic E-state index is 12.2. The van der Waals surface area contributed by atoms with Crippen LogP contribution in [0.4, 0.5) is 10.5 Å². The van der Waals surface area contributed by atoms with E-state index in [9.17, 15) is 4.79 Å². The molecule has 2 aliphatic rings. The zero-order chi connectivity index (χ0) is 15.5. The molecule has 5 heteroatoms. The van der Waals surface area contributed by atoms with E-state index in [0.717, 1.165) is 30.3 Å². The first-order chi connectivity index (χ1) is 10.7. The number of methoxy groups -OCH3 is 1. The molecule has 0 aromatic heterocycles. The first-order valence-electron chi connectivity index (χ1n) is 8.07. The van der Waals surface area contributed by atoms with Gasteiger partial charge in [0.2, 0.25) is 0 Å². The van der Waals surface area contributed by atoms with E-state index in [1.807, 2.05) is 24.3 Å². The number of hydrogen-bond acceptors (Lipinski definition) is 3. The number of amides is 2. The molecule has 3 rings (SSSR count). The van der Waals surface area contributed by atoms with Crippen LogP contribution in [0.5, 0.6) is 0 Å². The molecule has 22 heavy (non-hydrogen) atoms. The molecule has 1 aliphatic heterocycles. The molecule has 0 bridgehead atoms. The van der Waals surface area contributed by atoms with E-state index in [2.05, 4.69) is 22.5 Å². The molecule has 2 fully saturated rings. The maximum absolute atomic E-state index is 12.2. The van der Waals surface area contributed by atoms with Crippen LogP contribution in [-0.4, -0.2) is 42.7 Å². The van der Waals surface area contributed by atoms with E-state index in [1.54, 1.807) is 7.11 Å². The quantitative estimate of drug-likeness (QED) is 0.879. The van der Waals surface area contributed by atoms with Crippen molar-refractivity contribution < 1.29 is 9.53 Å². The smallest absolute Gasteiger partial charge is 0.319 e. The molecule has 2 N–H and O–H groups in total. The van der Waals surface area contributed by atoms with Gasteiger partial charge in [0.1, 0.15) is 0 Å². The molecule has 2 amide bonds. The van der Waals surface area contributed by atoms with Crippen molar-refractivity contribution in [2.75, 3.05) is 19.0 Å². The van der Waals surface area contributed by atoms with Crippen molar-refractivity contribution in [1.82, 2.24) is 10.2 Å². The molecule has 0 radical (unpaired) electrons. The van der Waals surface area contributed by atoms with Crippen molar-refractivity contribution >= 4 is 11.7 Å². The summed E-state index contributed by atoms with van der Waals surface area (Å²) in [4.78, 5) is 14.8. The van der Waals surface area contributed by atoms with Gasteiger partial charge in [-0.1, -0.05) is 18.2 Å². The maximum Gasteiger partial charge on any atom is 0.319 e. The first-order valence-corrected chi connectivity index (χ1v) is 8.07. The van der Waals surface area contributed by atoms with Crippen molar-refractivity contribution in [1.29, 1.82) is 0 Å². The molecule has 5 nitrogen and oxygen atoms in total. The van der Waals surface area contributed by atoms with Gasteiger partial charge in [0, 0.05) is 43.0 Å². The topological polar surface area (TPSA) is 53.6 Å². The molecule has 120 valence electrons. The fourth-order valence-corrected chi connectivity index (χ4v) is 3.34. The number of benzene rings is 1. The van der Waals surface area contributed by atoms with Crippen LogP contribution in [0, 0.1) is 0 Å². The number of carbonyl (C=O) groups excluding carboxylic acids is 1. The van der Waals surface area contributed by atoms with Crippen LogP contribution in [0.2, 0.25) is 0 Å². The lowest BCUT2D eigenvalue weighted by Gasteiger charge is -2.19. The highest BCUT2D eigenvalue weighted by molar-refractivity contribution is 5.90. The number of hydrogen-bond donors (Lipinski definition) is 2. The Balaban J connectivity index is 1.54. The second-order valence-electron chi connectivity index (χ2n) is 6.40. The van der Waals surface area contributed by atoms with E-state index in [1.165, 1.54) is 12.8 Å². The minimum absolute atomic E-state index is 0.126. The normalized spacial score (nSPS) is 25.2. The van der Waals surface area contributed by atoms with Crippen molar-refractivity contribution in [3.63, 3.8) is 0 Å². The standard InChI is InChI=1S/C17H25N3O2/c1-12-9-14(10-20(12)15-7-8-15)18-17(21)19-16-6-4-3-5-13(16)11-22-2/h3-6,12,14-15H,7-11H2,1-2H3,(H2,18,19,21)/t12-,14+/m1/s1. The molecule has 1 heterocycles. The Morgan fingerprint density at radius 1 is 1.36 bits per heavy atom. The van der Waals surface area contributed by atoms with Gasteiger partial charge < -0.3 is 15.4 Å². The van der Waals surface area contributed by atoms with Gasteiger partial charge >= 0.3 is 6.03 Å². The van der Waals surface area contributed by atoms with Crippen molar-refractivity contribution in [2.24, 2.45) is 0 Å². The third-order valence-corrected chi connectivity index (χ3v) is 4.54. The Hall–Kier alpha value is -1.59. The summed E-state index contributed by atoms with van der Waals surface area (Å²) >= 11 is 0. The highest BCUT2D eigenvalue weighted by Gasteiger charge is 2.39. The zero-order valence-corrected chi connectivity index (χ0v) is 13.3. The van der Waals surface area contributed by atoms with Crippen LogP contribution in [0.15, 0.2) is 24.3 Å². The fourth-order valence-electron chi connectivity index (χ4n) is 3.34. The third kappa shape index (κ3) is 3.59. The summed E-state index contributed by atoms with van der Waals surface area (Å²) in [6, 6.07) is 9.17. The third-order valence-electron chi connectivity index (χ3n) is 4.54. The molecular weight excluding hydrogens is 278 g/mol. The van der Waals surface area contributed by atoms with Gasteiger partial charge in [-0.2, -0.15) is 0 Å². The van der Waals surface area contributed by atoms with Gasteiger partial charge in [-0.25, -0.2) is 4.79 Å². The summed E-state index contributed by atoms with van der Waals surface area (Å²) in [7, 11) is 1.66. The van der Waals surface area contributed by atoms with E-state index < -0.39 is 0 Å². The Kier molecular flexibility index (Phi) is 4.64. The van der Waals surface area contributed by atoms with Crippen molar-refractivity contribution in [3.8, 4) is 0 Å². The molecular formula is C17H25N3O2. The lowest BCUT2D eigenvalue weighted by atomic mass is 10.2. The van der Waals surface area contributed by atoms with Gasteiger partial charge in [-0.3, -0.25) is 4.90 Å². The molecule has 1 aliphatic carbocycles. The Labute approximate surface area is 132 Å². The number of likely N-dealkylation sites (tertiary alicyclic amines) is 1. The van der Waals surface area contributed by atoms with E-state index in [4.69, 9.17) is 4.74 Å². The number of nitrogens with zero attached hydrogens (tertiary/aromatic N) is 1. The van der Waals surface area contributed by atoms with E-state index in [0.29, 0.717) is 12.6 Å². The monoisotopic (exact) mass is 303 g/mol. The summed E-state index contributed by atoms with van der Waals surface area (Å²) in [6.45, 7) is 3.72. The van der Waals surface area contributed by atoms with Gasteiger partial charge in [-0.15, -0.1) is 0 Å². The molecule has 0 unspecified atom stereocenters. The Morgan fingerprint density at radius 2 is 2.14 bits per heavy atom. The SMILES string of the molecule is COCc1ccccc1NC(=O)N[C@H]1C[C@@H](C)N(C2CC2)C1. The second kappa shape index (κ2) is 6.67. The number of carbonyl (C=O) groups is 1. The molecule has 1 saturated carbocycles. The largest absolute Gasteiger partial charge is 0.380 e. The van der Waals surface area contributed by atoms with Crippen LogP contribution >= 0.6 is 0 Å².